The molecule has 33 heavy (non-hydrogen) atoms. The third-order valence-corrected chi connectivity index (χ3v) is 11.5. The van der Waals surface area contributed by atoms with Crippen LogP contribution in [0.5, 0.6) is 0 Å². The minimum absolute atomic E-state index is 0.0338. The monoisotopic (exact) mass is 525 g/mol. The lowest BCUT2D eigenvalue weighted by Crippen LogP contribution is -2.61. The van der Waals surface area contributed by atoms with Crippen molar-refractivity contribution in [3.8, 4) is 0 Å². The Hall–Kier alpha value is -0.460. The highest BCUT2D eigenvalue weighted by Gasteiger charge is 2.65. The maximum Gasteiger partial charge on any atom is 0.320 e. The van der Waals surface area contributed by atoms with Crippen molar-refractivity contribution in [2.75, 3.05) is 19.6 Å². The van der Waals surface area contributed by atoms with Crippen LogP contribution in [0.4, 0.5) is 0 Å². The minimum Gasteiger partial charge on any atom is -0.461 e. The summed E-state index contributed by atoms with van der Waals surface area (Å²) in [6.07, 6.45) is 6.43. The maximum absolute atomic E-state index is 13.1. The lowest BCUT2D eigenvalue weighted by atomic mass is 9.43. The molecule has 5 nitrogen and oxygen atoms in total. The van der Waals surface area contributed by atoms with Crippen molar-refractivity contribution in [3.05, 3.63) is 0 Å². The number of esters is 1. The summed E-state index contributed by atoms with van der Waals surface area (Å²) in [6.45, 7) is 12.6. The average molecular weight is 527 g/mol. The van der Waals surface area contributed by atoms with Gasteiger partial charge in [-0.3, -0.25) is 14.5 Å². The lowest BCUT2D eigenvalue weighted by molar-refractivity contribution is -0.198. The van der Waals surface area contributed by atoms with Crippen LogP contribution in [0.15, 0.2) is 0 Å². The number of aliphatic hydroxyl groups is 1. The Labute approximate surface area is 208 Å². The first-order valence-corrected chi connectivity index (χ1v) is 14.2. The van der Waals surface area contributed by atoms with Gasteiger partial charge < -0.3 is 9.84 Å². The van der Waals surface area contributed by atoms with E-state index >= 15 is 0 Å². The normalized spacial score (nSPS) is 46.9. The molecule has 4 rings (SSSR count). The SMILES string of the molecule is CCN(CC)CC(=O)O[C@H]1C[C@]2(C)[C@@H](C(C)=O)CC[C@H]2[C@@H]2CC[C@H]3C[C@H](O)[C@@H](Br)C[C@]3(C)[C@H]21. The molecule has 0 aromatic heterocycles. The molecule has 0 heterocycles. The number of halogens is 1. The Balaban J connectivity index is 1.68. The van der Waals surface area contributed by atoms with Gasteiger partial charge >= 0.3 is 5.97 Å². The van der Waals surface area contributed by atoms with Crippen molar-refractivity contribution < 1.29 is 19.4 Å². The Kier molecular flexibility index (Phi) is 7.41. The Morgan fingerprint density at radius 1 is 1.06 bits per heavy atom. The van der Waals surface area contributed by atoms with Crippen LogP contribution < -0.4 is 0 Å². The van der Waals surface area contributed by atoms with Crippen molar-refractivity contribution in [1.29, 1.82) is 0 Å². The van der Waals surface area contributed by atoms with Crippen molar-refractivity contribution in [2.45, 2.75) is 96.6 Å². The van der Waals surface area contributed by atoms with Gasteiger partial charge in [0, 0.05) is 16.7 Å². The molecule has 0 aromatic rings. The molecule has 0 saturated heterocycles. The molecule has 0 spiro atoms. The van der Waals surface area contributed by atoms with Crippen LogP contribution >= 0.6 is 15.9 Å². The number of fused-ring (bicyclic) bond motifs is 5. The number of nitrogens with zero attached hydrogens (tertiary/aromatic N) is 1. The molecule has 188 valence electrons. The molecule has 0 aromatic carbocycles. The highest BCUT2D eigenvalue weighted by Crippen LogP contribution is 2.68. The van der Waals surface area contributed by atoms with Crippen LogP contribution in [0.3, 0.4) is 0 Å². The maximum atomic E-state index is 13.1. The van der Waals surface area contributed by atoms with Gasteiger partial charge in [-0.1, -0.05) is 43.6 Å². The van der Waals surface area contributed by atoms with Gasteiger partial charge in [0.25, 0.3) is 0 Å². The quantitative estimate of drug-likeness (QED) is 0.397. The Morgan fingerprint density at radius 3 is 2.39 bits per heavy atom. The summed E-state index contributed by atoms with van der Waals surface area (Å²) in [6, 6.07) is 0. The van der Waals surface area contributed by atoms with E-state index in [1.165, 1.54) is 0 Å². The van der Waals surface area contributed by atoms with E-state index in [4.69, 9.17) is 4.74 Å². The summed E-state index contributed by atoms with van der Waals surface area (Å²) in [5, 5.41) is 10.6. The predicted octanol–water partition coefficient (Wildman–Crippen LogP) is 4.83. The van der Waals surface area contributed by atoms with E-state index in [-0.39, 0.29) is 39.8 Å². The zero-order valence-corrected chi connectivity index (χ0v) is 22.8. The molecule has 6 heteroatoms. The van der Waals surface area contributed by atoms with Crippen LogP contribution in [0.25, 0.3) is 0 Å². The summed E-state index contributed by atoms with van der Waals surface area (Å²) < 4.78 is 6.40. The van der Waals surface area contributed by atoms with Gasteiger partial charge in [-0.25, -0.2) is 0 Å². The second-order valence-corrected chi connectivity index (χ2v) is 13.2. The lowest BCUT2D eigenvalue weighted by Gasteiger charge is -2.63. The molecule has 0 radical (unpaired) electrons. The molecule has 1 N–H and O–H groups in total. The van der Waals surface area contributed by atoms with E-state index in [0.717, 1.165) is 58.0 Å². The van der Waals surface area contributed by atoms with Crippen molar-refractivity contribution in [3.63, 3.8) is 0 Å². The van der Waals surface area contributed by atoms with Crippen LogP contribution in [0.1, 0.15) is 79.6 Å². The molecular weight excluding hydrogens is 482 g/mol. The summed E-state index contributed by atoms with van der Waals surface area (Å²) in [5.74, 6) is 2.01. The summed E-state index contributed by atoms with van der Waals surface area (Å²) >= 11 is 3.78. The van der Waals surface area contributed by atoms with Gasteiger partial charge in [0.2, 0.25) is 0 Å². The fraction of sp³-hybridized carbons (Fsp3) is 0.926. The number of carbonyl (C=O) groups is 2. The van der Waals surface area contributed by atoms with Gasteiger partial charge in [0.05, 0.1) is 12.6 Å². The number of aliphatic hydroxyl groups excluding tert-OH is 1. The Bertz CT molecular complexity index is 756. The smallest absolute Gasteiger partial charge is 0.320 e. The summed E-state index contributed by atoms with van der Waals surface area (Å²) in [4.78, 5) is 28.0. The van der Waals surface area contributed by atoms with Crippen molar-refractivity contribution in [1.82, 2.24) is 4.90 Å². The fourth-order valence-corrected chi connectivity index (χ4v) is 9.85. The van der Waals surface area contributed by atoms with E-state index in [2.05, 4.69) is 48.5 Å². The van der Waals surface area contributed by atoms with E-state index in [9.17, 15) is 14.7 Å². The Morgan fingerprint density at radius 2 is 1.76 bits per heavy atom. The summed E-state index contributed by atoms with van der Waals surface area (Å²) in [7, 11) is 0. The first-order valence-electron chi connectivity index (χ1n) is 13.3. The van der Waals surface area contributed by atoms with Gasteiger partial charge in [-0.15, -0.1) is 0 Å². The molecule has 0 bridgehead atoms. The number of hydrogen-bond acceptors (Lipinski definition) is 5. The standard InChI is InChI=1S/C27H44BrNO4/c1-6-29(7-2)15-24(32)33-23-14-27(5)19(16(3)30)10-11-20(27)18-9-8-17-12-22(31)21(28)13-26(17,4)25(18)23/h17-23,25,31H,6-15H2,1-5H3/t17-,18-,19+,20-,21-,22-,23-,25+,26-,27+/m0/s1. The van der Waals surface area contributed by atoms with Crippen LogP contribution in [-0.4, -0.2) is 58.4 Å². The number of Topliss-reactive ketones (excluding diaryl/α,β-unsaturated/α-hetero) is 1. The molecule has 10 atom stereocenters. The molecule has 4 saturated carbocycles. The van der Waals surface area contributed by atoms with E-state index in [1.807, 2.05) is 0 Å². The number of likely N-dealkylation sites (N-methyl/N-ethyl adjacent to an activating group) is 1. The van der Waals surface area contributed by atoms with Crippen molar-refractivity contribution in [2.24, 2.45) is 40.4 Å². The molecule has 4 aliphatic rings. The molecule has 0 amide bonds. The number of rotatable bonds is 6. The fourth-order valence-electron chi connectivity index (χ4n) is 8.94. The van der Waals surface area contributed by atoms with E-state index < -0.39 is 0 Å². The first-order chi connectivity index (χ1) is 15.5. The van der Waals surface area contributed by atoms with Gasteiger partial charge in [-0.05, 0) is 93.5 Å². The number of alkyl halides is 1. The topological polar surface area (TPSA) is 66.8 Å². The molecular formula is C27H44BrNO4. The third kappa shape index (κ3) is 4.35. The zero-order chi connectivity index (χ0) is 24.1. The number of ether oxygens (including phenoxy) is 1. The number of hydrogen-bond donors (Lipinski definition) is 1. The first kappa shape index (κ1) is 25.6. The van der Waals surface area contributed by atoms with Crippen LogP contribution in [-0.2, 0) is 14.3 Å². The van der Waals surface area contributed by atoms with E-state index in [0.29, 0.717) is 36.0 Å². The van der Waals surface area contributed by atoms with Gasteiger partial charge in [0.15, 0.2) is 0 Å². The number of ketones is 1. The number of carbonyl (C=O) groups excluding carboxylic acids is 2. The second kappa shape index (κ2) is 9.54. The molecule has 0 unspecified atom stereocenters. The van der Waals surface area contributed by atoms with Gasteiger partial charge in [0.1, 0.15) is 11.9 Å². The van der Waals surface area contributed by atoms with Gasteiger partial charge in [-0.2, -0.15) is 0 Å². The predicted molar refractivity (Wildman–Crippen MR) is 133 cm³/mol. The second-order valence-electron chi connectivity index (χ2n) is 12.0. The minimum atomic E-state index is -0.300. The zero-order valence-electron chi connectivity index (χ0n) is 21.2. The van der Waals surface area contributed by atoms with Crippen LogP contribution in [0, 0.1) is 40.4 Å². The largest absolute Gasteiger partial charge is 0.461 e. The summed E-state index contributed by atoms with van der Waals surface area (Å²) in [5.41, 5.74) is -0.0512. The highest BCUT2D eigenvalue weighted by molar-refractivity contribution is 9.09. The highest BCUT2D eigenvalue weighted by atomic mass is 79.9. The van der Waals surface area contributed by atoms with E-state index in [1.54, 1.807) is 6.92 Å². The molecule has 4 aliphatic carbocycles. The average Bonchev–Trinajstić information content (AvgIpc) is 3.09. The third-order valence-electron chi connectivity index (χ3n) is 10.6. The molecule has 0 aliphatic heterocycles. The van der Waals surface area contributed by atoms with Crippen LogP contribution in [0.2, 0.25) is 0 Å². The molecule has 4 fully saturated rings. The van der Waals surface area contributed by atoms with Crippen molar-refractivity contribution >= 4 is 27.7 Å².